The molecule has 3 amide bonds. The van der Waals surface area contributed by atoms with E-state index in [2.05, 4.69) is 70.6 Å². The van der Waals surface area contributed by atoms with Crippen molar-refractivity contribution in [3.8, 4) is 44.9 Å². The van der Waals surface area contributed by atoms with Crippen molar-refractivity contribution in [2.45, 2.75) is 19.8 Å². The van der Waals surface area contributed by atoms with Gasteiger partial charge < -0.3 is 35.2 Å². The molecule has 0 saturated carbocycles. The van der Waals surface area contributed by atoms with Crippen LogP contribution >= 0.6 is 15.9 Å². The first-order chi connectivity index (χ1) is 37.8. The lowest BCUT2D eigenvalue weighted by molar-refractivity contribution is 0.101. The highest BCUT2D eigenvalue weighted by Crippen LogP contribution is 2.25. The molecular formula is C61H50BrN9O7. The number of aromatic amines is 2. The Morgan fingerprint density at radius 3 is 1.42 bits per heavy atom. The number of benzene rings is 4. The highest BCUT2D eigenvalue weighted by atomic mass is 79.9. The maximum absolute atomic E-state index is 12.7. The van der Waals surface area contributed by atoms with Gasteiger partial charge in [-0.25, -0.2) is 0 Å². The molecule has 0 aliphatic heterocycles. The van der Waals surface area contributed by atoms with Crippen LogP contribution in [0.2, 0.25) is 0 Å². The summed E-state index contributed by atoms with van der Waals surface area (Å²) in [7, 11) is 1.64. The summed E-state index contributed by atoms with van der Waals surface area (Å²) in [6.07, 6.45) is 14.8. The van der Waals surface area contributed by atoms with Gasteiger partial charge in [-0.2, -0.15) is 0 Å². The van der Waals surface area contributed by atoms with Gasteiger partial charge in [0.25, 0.3) is 34.4 Å². The topological polar surface area (TPSA) is 223 Å². The van der Waals surface area contributed by atoms with E-state index in [1.54, 1.807) is 130 Å². The van der Waals surface area contributed by atoms with E-state index in [1.165, 1.54) is 4.57 Å². The zero-order chi connectivity index (χ0) is 55.0. The zero-order valence-electron chi connectivity index (χ0n) is 42.3. The molecule has 17 heteroatoms. The SMILES string of the molecule is CC(C)c1cccc(NC(=O)c2cc(-c3ccncc3)cn(C)c2=O)c1.O=C(Nc1ccc(Br)cc1)c1cc(-c2ccncc2)c[nH]c1=O.O=C(Nc1ccc(Oc2ccccc2)cc1)c1cc(-c2ccncc2)c[nH]c1=O. The number of ether oxygens (including phenoxy) is 1. The largest absolute Gasteiger partial charge is 0.457 e. The van der Waals surface area contributed by atoms with Crippen LogP contribution < -0.4 is 37.4 Å². The molecule has 6 heterocycles. The first-order valence-electron chi connectivity index (χ1n) is 24.3. The van der Waals surface area contributed by atoms with Crippen LogP contribution in [0.25, 0.3) is 33.4 Å². The van der Waals surface area contributed by atoms with Crippen LogP contribution in [-0.4, -0.2) is 47.2 Å². The van der Waals surface area contributed by atoms with Gasteiger partial charge in [0, 0.05) is 84.4 Å². The molecule has 0 radical (unpaired) electrons. The normalized spacial score (nSPS) is 10.5. The lowest BCUT2D eigenvalue weighted by Gasteiger charge is -2.11. The quantitative estimate of drug-likeness (QED) is 0.0778. The number of aryl methyl sites for hydroxylation is 1. The van der Waals surface area contributed by atoms with Crippen LogP contribution in [0.5, 0.6) is 11.5 Å². The molecule has 0 fully saturated rings. The minimum Gasteiger partial charge on any atom is -0.457 e. The van der Waals surface area contributed by atoms with Crippen LogP contribution in [-0.2, 0) is 7.05 Å². The molecule has 0 aliphatic rings. The number of amides is 3. The van der Waals surface area contributed by atoms with Gasteiger partial charge in [0.15, 0.2) is 0 Å². The smallest absolute Gasteiger partial charge is 0.263 e. The Labute approximate surface area is 456 Å². The molecule has 78 heavy (non-hydrogen) atoms. The fourth-order valence-corrected chi connectivity index (χ4v) is 7.90. The highest BCUT2D eigenvalue weighted by molar-refractivity contribution is 9.10. The third-order valence-electron chi connectivity index (χ3n) is 11.8. The Kier molecular flexibility index (Phi) is 18.0. The Morgan fingerprint density at radius 1 is 0.487 bits per heavy atom. The van der Waals surface area contributed by atoms with Gasteiger partial charge in [-0.15, -0.1) is 0 Å². The van der Waals surface area contributed by atoms with Crippen molar-refractivity contribution >= 4 is 50.7 Å². The Balaban J connectivity index is 0.000000155. The molecule has 0 spiro atoms. The van der Waals surface area contributed by atoms with Crippen molar-refractivity contribution in [1.29, 1.82) is 0 Å². The van der Waals surface area contributed by atoms with Crippen molar-refractivity contribution in [2.75, 3.05) is 16.0 Å². The monoisotopic (exact) mass is 1100 g/mol. The summed E-state index contributed by atoms with van der Waals surface area (Å²) < 4.78 is 8.07. The standard InChI is InChI=1S/C23H17N3O3.C21H21N3O2.C17H12BrN3O2/c27-22-21(14-17(15-25-22)16-10-12-24-13-11-16)23(28)26-18-6-8-20(9-7-18)29-19-4-2-1-3-5-19;1-14(2)16-5-4-6-18(11-16)23-20(25)19-12-17(13-24(3)21(19)26)15-7-9-22-10-8-15;18-13-1-3-14(4-2-13)21-17(23)15-9-12(10-20-16(15)22)11-5-7-19-8-6-11/h1-15H,(H,25,27)(H,26,28);4-14H,1-3H3,(H,23,25);1-10H,(H,20,22)(H,21,23). The molecular weight excluding hydrogens is 1050 g/mol. The zero-order valence-corrected chi connectivity index (χ0v) is 43.9. The van der Waals surface area contributed by atoms with Crippen LogP contribution in [0.15, 0.2) is 232 Å². The second-order valence-corrected chi connectivity index (χ2v) is 18.5. The van der Waals surface area contributed by atoms with Gasteiger partial charge in [0.2, 0.25) is 0 Å². The number of halogens is 1. The molecule has 10 rings (SSSR count). The number of pyridine rings is 6. The number of aromatic nitrogens is 6. The lowest BCUT2D eigenvalue weighted by Crippen LogP contribution is -2.27. The van der Waals surface area contributed by atoms with Crippen molar-refractivity contribution < 1.29 is 19.1 Å². The Morgan fingerprint density at radius 2 is 0.923 bits per heavy atom. The summed E-state index contributed by atoms with van der Waals surface area (Å²) in [5, 5.41) is 8.29. The van der Waals surface area contributed by atoms with Gasteiger partial charge in [-0.3, -0.25) is 43.7 Å². The van der Waals surface area contributed by atoms with E-state index in [-0.39, 0.29) is 22.2 Å². The maximum atomic E-state index is 12.7. The molecule has 5 N–H and O–H groups in total. The van der Waals surface area contributed by atoms with E-state index in [0.717, 1.165) is 49.2 Å². The third-order valence-corrected chi connectivity index (χ3v) is 12.3. The first-order valence-corrected chi connectivity index (χ1v) is 25.1. The molecule has 10 aromatic rings. The number of hydrogen-bond acceptors (Lipinski definition) is 10. The minimum absolute atomic E-state index is 0.0314. The van der Waals surface area contributed by atoms with Crippen molar-refractivity contribution in [3.05, 3.63) is 271 Å². The van der Waals surface area contributed by atoms with Crippen LogP contribution in [0, 0.1) is 0 Å². The Bertz CT molecular complexity index is 3860. The fraction of sp³-hybridized carbons (Fsp3) is 0.0656. The number of rotatable bonds is 12. The number of carbonyl (C=O) groups is 3. The van der Waals surface area contributed by atoms with Crippen LogP contribution in [0.3, 0.4) is 0 Å². The van der Waals surface area contributed by atoms with Crippen LogP contribution in [0.4, 0.5) is 17.1 Å². The summed E-state index contributed by atoms with van der Waals surface area (Å²) in [6.45, 7) is 4.18. The number of hydrogen-bond donors (Lipinski definition) is 5. The van der Waals surface area contributed by atoms with Gasteiger partial charge in [-0.05, 0) is 172 Å². The van der Waals surface area contributed by atoms with Crippen molar-refractivity contribution in [2.24, 2.45) is 7.05 Å². The summed E-state index contributed by atoms with van der Waals surface area (Å²) in [6, 6.07) is 46.8. The fourth-order valence-electron chi connectivity index (χ4n) is 7.64. The van der Waals surface area contributed by atoms with E-state index in [9.17, 15) is 28.8 Å². The number of carbonyl (C=O) groups excluding carboxylic acids is 3. The second kappa shape index (κ2) is 25.9. The molecule has 6 aromatic heterocycles. The van der Waals surface area contributed by atoms with E-state index < -0.39 is 28.8 Å². The molecule has 16 nitrogen and oxygen atoms in total. The average Bonchev–Trinajstić information content (AvgIpc) is 3.49. The first kappa shape index (κ1) is 54.1. The lowest BCUT2D eigenvalue weighted by atomic mass is 10.0. The van der Waals surface area contributed by atoms with Crippen molar-refractivity contribution in [3.63, 3.8) is 0 Å². The van der Waals surface area contributed by atoms with Gasteiger partial charge in [-0.1, -0.05) is 60.1 Å². The molecule has 0 saturated heterocycles. The van der Waals surface area contributed by atoms with E-state index in [1.807, 2.05) is 91.0 Å². The third kappa shape index (κ3) is 14.6. The van der Waals surface area contributed by atoms with E-state index >= 15 is 0 Å². The number of nitrogens with one attached hydrogen (secondary N) is 5. The summed E-state index contributed by atoms with van der Waals surface area (Å²) >= 11 is 3.33. The Hall–Kier alpha value is -10.1. The van der Waals surface area contributed by atoms with E-state index in [4.69, 9.17) is 4.74 Å². The predicted molar refractivity (Wildman–Crippen MR) is 307 cm³/mol. The second-order valence-electron chi connectivity index (χ2n) is 17.6. The molecule has 0 bridgehead atoms. The van der Waals surface area contributed by atoms with Gasteiger partial charge in [0.1, 0.15) is 28.2 Å². The maximum Gasteiger partial charge on any atom is 0.263 e. The molecule has 0 unspecified atom stereocenters. The number of nitrogens with zero attached hydrogens (tertiary/aromatic N) is 4. The van der Waals surface area contributed by atoms with Gasteiger partial charge in [0.05, 0.1) is 0 Å². The van der Waals surface area contributed by atoms with E-state index in [0.29, 0.717) is 28.7 Å². The number of H-pyrrole nitrogens is 2. The summed E-state index contributed by atoms with van der Waals surface area (Å²) in [5.74, 6) is 0.371. The molecule has 388 valence electrons. The van der Waals surface area contributed by atoms with Gasteiger partial charge >= 0.3 is 0 Å². The molecule has 4 aromatic carbocycles. The highest BCUT2D eigenvalue weighted by Gasteiger charge is 2.17. The van der Waals surface area contributed by atoms with Crippen molar-refractivity contribution in [1.82, 2.24) is 29.5 Å². The molecule has 0 aliphatic carbocycles. The van der Waals surface area contributed by atoms with Crippen LogP contribution in [0.1, 0.15) is 56.4 Å². The predicted octanol–water partition coefficient (Wildman–Crippen LogP) is 11.8. The summed E-state index contributed by atoms with van der Waals surface area (Å²) in [5.41, 5.74) is 6.83. The number of para-hydroxylation sites is 1. The minimum atomic E-state index is -0.487. The summed E-state index contributed by atoms with van der Waals surface area (Å²) in [4.78, 5) is 91.4. The average molecular weight is 1100 g/mol. The number of anilines is 3. The molecule has 0 atom stereocenters.